The van der Waals surface area contributed by atoms with Crippen LogP contribution in [0.1, 0.15) is 37.0 Å². The largest absolute Gasteiger partial charge is 0.410 e. The Labute approximate surface area is 106 Å². The van der Waals surface area contributed by atoms with Gasteiger partial charge in [-0.05, 0) is 44.9 Å². The van der Waals surface area contributed by atoms with E-state index in [1.165, 1.54) is 6.92 Å². The molecule has 0 amide bonds. The number of hydrogen-bond donors (Lipinski definition) is 1. The van der Waals surface area contributed by atoms with Gasteiger partial charge in [0.1, 0.15) is 5.54 Å². The molecule has 1 aromatic rings. The Morgan fingerprint density at radius 2 is 1.78 bits per heavy atom. The van der Waals surface area contributed by atoms with Crippen molar-refractivity contribution >= 4 is 0 Å². The van der Waals surface area contributed by atoms with Gasteiger partial charge >= 0.3 is 6.18 Å². The first-order valence-corrected chi connectivity index (χ1v) is 6.12. The molecule has 0 fully saturated rings. The second-order valence-corrected chi connectivity index (χ2v) is 4.87. The molecule has 0 saturated carbocycles. The van der Waals surface area contributed by atoms with Gasteiger partial charge in [-0.1, -0.05) is 30.7 Å². The molecule has 1 atom stereocenters. The van der Waals surface area contributed by atoms with Gasteiger partial charge in [0.15, 0.2) is 0 Å². The molecule has 0 aliphatic carbocycles. The number of benzene rings is 1. The first kappa shape index (κ1) is 15.0. The lowest BCUT2D eigenvalue weighted by molar-refractivity contribution is -0.195. The summed E-state index contributed by atoms with van der Waals surface area (Å²) in [6, 6.07) is 5.18. The van der Waals surface area contributed by atoms with Crippen molar-refractivity contribution in [1.82, 2.24) is 5.32 Å². The molecule has 0 aliphatic rings. The van der Waals surface area contributed by atoms with Crippen LogP contribution in [0.4, 0.5) is 13.2 Å². The second kappa shape index (κ2) is 5.31. The van der Waals surface area contributed by atoms with Gasteiger partial charge in [-0.15, -0.1) is 0 Å². The molecular weight excluding hydrogens is 239 g/mol. The molecule has 1 unspecified atom stereocenters. The van der Waals surface area contributed by atoms with Gasteiger partial charge in [0.05, 0.1) is 0 Å². The van der Waals surface area contributed by atoms with E-state index in [-0.39, 0.29) is 0 Å². The van der Waals surface area contributed by atoms with Crippen LogP contribution in [0.5, 0.6) is 0 Å². The third-order valence-corrected chi connectivity index (χ3v) is 3.23. The van der Waals surface area contributed by atoms with E-state index in [2.05, 4.69) is 5.32 Å². The van der Waals surface area contributed by atoms with Gasteiger partial charge in [-0.3, -0.25) is 0 Å². The second-order valence-electron chi connectivity index (χ2n) is 4.87. The maximum absolute atomic E-state index is 13.4. The smallest absolute Gasteiger partial charge is 0.300 e. The summed E-state index contributed by atoms with van der Waals surface area (Å²) in [6.45, 7) is 6.92. The van der Waals surface area contributed by atoms with Crippen molar-refractivity contribution in [3.05, 3.63) is 34.9 Å². The number of hydrogen-bond acceptors (Lipinski definition) is 1. The van der Waals surface area contributed by atoms with Crippen LogP contribution in [-0.4, -0.2) is 12.7 Å². The van der Waals surface area contributed by atoms with Crippen molar-refractivity contribution in [1.29, 1.82) is 0 Å². The Morgan fingerprint density at radius 3 is 2.28 bits per heavy atom. The zero-order valence-corrected chi connectivity index (χ0v) is 11.3. The molecule has 1 nitrogen and oxygen atoms in total. The summed E-state index contributed by atoms with van der Waals surface area (Å²) in [5.74, 6) is 0. The number of alkyl halides is 3. The van der Waals surface area contributed by atoms with Gasteiger partial charge < -0.3 is 5.32 Å². The summed E-state index contributed by atoms with van der Waals surface area (Å²) < 4.78 is 40.1. The van der Waals surface area contributed by atoms with E-state index < -0.39 is 11.7 Å². The van der Waals surface area contributed by atoms with E-state index in [1.807, 2.05) is 13.0 Å². The van der Waals surface area contributed by atoms with E-state index in [0.29, 0.717) is 24.1 Å². The third kappa shape index (κ3) is 2.86. The quantitative estimate of drug-likeness (QED) is 0.859. The van der Waals surface area contributed by atoms with E-state index in [4.69, 9.17) is 0 Å². The van der Waals surface area contributed by atoms with Crippen LogP contribution in [0.25, 0.3) is 0 Å². The average Bonchev–Trinajstić information content (AvgIpc) is 2.27. The van der Waals surface area contributed by atoms with Crippen LogP contribution in [0.2, 0.25) is 0 Å². The summed E-state index contributed by atoms with van der Waals surface area (Å²) in [6.07, 6.45) is -3.66. The number of rotatable bonds is 4. The van der Waals surface area contributed by atoms with Gasteiger partial charge in [-0.25, -0.2) is 0 Å². The molecule has 0 aliphatic heterocycles. The summed E-state index contributed by atoms with van der Waals surface area (Å²) in [5.41, 5.74) is -0.184. The van der Waals surface area contributed by atoms with Crippen LogP contribution in [0.3, 0.4) is 0 Å². The first-order valence-electron chi connectivity index (χ1n) is 6.12. The minimum absolute atomic E-state index is 0.309. The Morgan fingerprint density at radius 1 is 1.17 bits per heavy atom. The fraction of sp³-hybridized carbons (Fsp3) is 0.571. The lowest BCUT2D eigenvalue weighted by atomic mass is 9.86. The van der Waals surface area contributed by atoms with Crippen molar-refractivity contribution in [2.45, 2.75) is 45.8 Å². The lowest BCUT2D eigenvalue weighted by Gasteiger charge is -2.35. The van der Waals surface area contributed by atoms with Crippen LogP contribution >= 0.6 is 0 Å². The zero-order chi connectivity index (χ0) is 14.0. The molecule has 0 heterocycles. The number of aryl methyl sites for hydroxylation is 2. The van der Waals surface area contributed by atoms with Crippen molar-refractivity contribution in [2.24, 2.45) is 0 Å². The highest BCUT2D eigenvalue weighted by Crippen LogP contribution is 2.40. The summed E-state index contributed by atoms with van der Waals surface area (Å²) in [7, 11) is 0. The molecular formula is C14H20F3N. The standard InChI is InChI=1S/C14H20F3N/c1-5-8-18-13(4,14(15,16)17)12-9-10(2)6-7-11(12)3/h6-7,9,18H,5,8H2,1-4H3. The Hall–Kier alpha value is -1.03. The highest BCUT2D eigenvalue weighted by Gasteiger charge is 2.52. The van der Waals surface area contributed by atoms with Crippen molar-refractivity contribution < 1.29 is 13.2 Å². The van der Waals surface area contributed by atoms with Gasteiger partial charge in [0.2, 0.25) is 0 Å². The Bertz CT molecular complexity index is 412. The molecule has 18 heavy (non-hydrogen) atoms. The maximum Gasteiger partial charge on any atom is 0.410 e. The van der Waals surface area contributed by atoms with Crippen molar-refractivity contribution in [2.75, 3.05) is 6.54 Å². The number of nitrogens with one attached hydrogen (secondary N) is 1. The number of halogens is 3. The lowest BCUT2D eigenvalue weighted by Crippen LogP contribution is -2.52. The highest BCUT2D eigenvalue weighted by atomic mass is 19.4. The van der Waals surface area contributed by atoms with Crippen LogP contribution in [0.15, 0.2) is 18.2 Å². The normalized spacial score (nSPS) is 15.5. The molecule has 1 aromatic carbocycles. The zero-order valence-electron chi connectivity index (χ0n) is 11.3. The van der Waals surface area contributed by atoms with E-state index in [9.17, 15) is 13.2 Å². The Balaban J connectivity index is 3.29. The molecule has 1 rings (SSSR count). The molecule has 4 heteroatoms. The van der Waals surface area contributed by atoms with Crippen molar-refractivity contribution in [3.8, 4) is 0 Å². The maximum atomic E-state index is 13.4. The van der Waals surface area contributed by atoms with Crippen LogP contribution < -0.4 is 5.32 Å². The fourth-order valence-corrected chi connectivity index (χ4v) is 2.00. The van der Waals surface area contributed by atoms with E-state index in [1.54, 1.807) is 26.0 Å². The summed E-state index contributed by atoms with van der Waals surface area (Å²) >= 11 is 0. The topological polar surface area (TPSA) is 12.0 Å². The summed E-state index contributed by atoms with van der Waals surface area (Å²) in [5, 5.41) is 2.65. The molecule has 0 spiro atoms. The molecule has 0 radical (unpaired) electrons. The van der Waals surface area contributed by atoms with E-state index in [0.717, 1.165) is 5.56 Å². The van der Waals surface area contributed by atoms with Gasteiger partial charge in [0.25, 0.3) is 0 Å². The molecule has 0 bridgehead atoms. The fourth-order valence-electron chi connectivity index (χ4n) is 2.00. The predicted molar refractivity (Wildman–Crippen MR) is 67.6 cm³/mol. The molecule has 102 valence electrons. The first-order chi connectivity index (χ1) is 8.22. The van der Waals surface area contributed by atoms with Gasteiger partial charge in [0, 0.05) is 0 Å². The third-order valence-electron chi connectivity index (χ3n) is 3.23. The minimum atomic E-state index is -4.32. The van der Waals surface area contributed by atoms with Crippen molar-refractivity contribution in [3.63, 3.8) is 0 Å². The molecule has 1 N–H and O–H groups in total. The molecule has 0 aromatic heterocycles. The molecule has 0 saturated heterocycles. The van der Waals surface area contributed by atoms with Crippen LogP contribution in [0, 0.1) is 13.8 Å². The monoisotopic (exact) mass is 259 g/mol. The SMILES string of the molecule is CCCNC(C)(c1cc(C)ccc1C)C(F)(F)F. The van der Waals surface area contributed by atoms with Crippen LogP contribution in [-0.2, 0) is 5.54 Å². The minimum Gasteiger partial charge on any atom is -0.300 e. The summed E-state index contributed by atoms with van der Waals surface area (Å²) in [4.78, 5) is 0. The van der Waals surface area contributed by atoms with E-state index >= 15 is 0 Å². The van der Waals surface area contributed by atoms with Gasteiger partial charge in [-0.2, -0.15) is 13.2 Å². The average molecular weight is 259 g/mol. The predicted octanol–water partition coefficient (Wildman–Crippen LogP) is 4.08. The highest BCUT2D eigenvalue weighted by molar-refractivity contribution is 5.37. The Kier molecular flexibility index (Phi) is 4.43.